The summed E-state index contributed by atoms with van der Waals surface area (Å²) in [5, 5.41) is 28.1. The maximum atomic E-state index is 11.4. The number of H-pyrrole nitrogens is 1. The molecule has 1 saturated heterocycles. The average Bonchev–Trinajstić information content (AvgIpc) is 2.57. The van der Waals surface area contributed by atoms with Gasteiger partial charge in [0.05, 0.1) is 6.61 Å². The van der Waals surface area contributed by atoms with Crippen LogP contribution in [0.4, 0.5) is 0 Å². The molecule has 4 N–H and O–H groups in total. The van der Waals surface area contributed by atoms with Gasteiger partial charge in [-0.05, 0) is 0 Å². The standard InChI is InChI=1S/C9H12N2O6/c12-3-4-6(14)7(15)8(17-4)11-2-1-5(13)10-9(11)16/h1-2,4,6-8,12,14-15H,3H2,(H,10,13,16)/t4?,6-,7-,8-/m1/s1. The smallest absolute Gasteiger partial charge is 0.330 e. The Morgan fingerprint density at radius 2 is 2.06 bits per heavy atom. The molecule has 1 aliphatic rings. The van der Waals surface area contributed by atoms with Crippen LogP contribution in [0.3, 0.4) is 0 Å². The second-order valence-electron chi connectivity index (χ2n) is 3.75. The summed E-state index contributed by atoms with van der Waals surface area (Å²) in [7, 11) is 0. The fraction of sp³-hybridized carbons (Fsp3) is 0.556. The number of hydrogen-bond donors (Lipinski definition) is 4. The minimum absolute atomic E-state index is 0.479. The van der Waals surface area contributed by atoms with E-state index in [1.54, 1.807) is 0 Å². The van der Waals surface area contributed by atoms with Crippen molar-refractivity contribution >= 4 is 0 Å². The van der Waals surface area contributed by atoms with E-state index in [2.05, 4.69) is 0 Å². The molecule has 1 aliphatic heterocycles. The van der Waals surface area contributed by atoms with E-state index in [0.717, 1.165) is 16.8 Å². The zero-order valence-corrected chi connectivity index (χ0v) is 8.68. The fourth-order valence-electron chi connectivity index (χ4n) is 1.74. The Morgan fingerprint density at radius 1 is 1.35 bits per heavy atom. The van der Waals surface area contributed by atoms with Crippen molar-refractivity contribution in [3.05, 3.63) is 33.1 Å². The van der Waals surface area contributed by atoms with E-state index in [9.17, 15) is 19.8 Å². The highest BCUT2D eigenvalue weighted by atomic mass is 16.6. The number of rotatable bonds is 2. The minimum atomic E-state index is -1.35. The van der Waals surface area contributed by atoms with Gasteiger partial charge in [0.2, 0.25) is 0 Å². The molecule has 94 valence electrons. The van der Waals surface area contributed by atoms with Crippen LogP contribution in [-0.4, -0.2) is 49.8 Å². The molecule has 1 aromatic rings. The van der Waals surface area contributed by atoms with Crippen molar-refractivity contribution < 1.29 is 20.1 Å². The fourth-order valence-corrected chi connectivity index (χ4v) is 1.74. The van der Waals surface area contributed by atoms with Crippen molar-refractivity contribution in [2.45, 2.75) is 24.5 Å². The van der Waals surface area contributed by atoms with Gasteiger partial charge in [0.15, 0.2) is 6.23 Å². The van der Waals surface area contributed by atoms with E-state index in [1.165, 1.54) is 0 Å². The number of aromatic nitrogens is 2. The normalized spacial score (nSPS) is 32.9. The Bertz CT molecular complexity index is 509. The van der Waals surface area contributed by atoms with Crippen LogP contribution in [-0.2, 0) is 4.74 Å². The molecular formula is C9H12N2O6. The van der Waals surface area contributed by atoms with Gasteiger partial charge >= 0.3 is 5.69 Å². The van der Waals surface area contributed by atoms with Crippen molar-refractivity contribution in [1.82, 2.24) is 9.55 Å². The summed E-state index contributed by atoms with van der Waals surface area (Å²) in [6.45, 7) is -0.479. The summed E-state index contributed by atoms with van der Waals surface area (Å²) in [5.74, 6) is 0. The SMILES string of the molecule is O=c1ccn([C@@H]2OC(CO)[C@@H](O)[C@H]2O)c(=O)[nH]1. The number of aliphatic hydroxyl groups excluding tert-OH is 3. The number of nitrogens with one attached hydrogen (secondary N) is 1. The summed E-state index contributed by atoms with van der Waals surface area (Å²) >= 11 is 0. The van der Waals surface area contributed by atoms with E-state index < -0.39 is 42.4 Å². The molecule has 0 aliphatic carbocycles. The average molecular weight is 244 g/mol. The summed E-state index contributed by atoms with van der Waals surface area (Å²) in [6, 6.07) is 1.09. The summed E-state index contributed by atoms with van der Waals surface area (Å²) in [4.78, 5) is 24.3. The second-order valence-corrected chi connectivity index (χ2v) is 3.75. The largest absolute Gasteiger partial charge is 0.394 e. The Kier molecular flexibility index (Phi) is 3.11. The zero-order valence-electron chi connectivity index (χ0n) is 8.68. The Morgan fingerprint density at radius 3 is 2.59 bits per heavy atom. The highest BCUT2D eigenvalue weighted by Gasteiger charge is 2.43. The Balaban J connectivity index is 2.35. The molecule has 0 amide bonds. The third-order valence-electron chi connectivity index (χ3n) is 2.64. The van der Waals surface area contributed by atoms with Gasteiger partial charge in [-0.3, -0.25) is 14.3 Å². The van der Waals surface area contributed by atoms with Crippen molar-refractivity contribution in [1.29, 1.82) is 0 Å². The highest BCUT2D eigenvalue weighted by Crippen LogP contribution is 2.27. The molecule has 8 heteroatoms. The predicted molar refractivity (Wildman–Crippen MR) is 54.3 cm³/mol. The van der Waals surface area contributed by atoms with Crippen molar-refractivity contribution in [2.24, 2.45) is 0 Å². The van der Waals surface area contributed by atoms with Crippen LogP contribution in [0.1, 0.15) is 6.23 Å². The van der Waals surface area contributed by atoms with Crippen LogP contribution < -0.4 is 11.2 Å². The molecular weight excluding hydrogens is 232 g/mol. The molecule has 0 spiro atoms. The highest BCUT2D eigenvalue weighted by molar-refractivity contribution is 4.92. The molecule has 1 unspecified atom stereocenters. The lowest BCUT2D eigenvalue weighted by Crippen LogP contribution is -2.37. The van der Waals surface area contributed by atoms with Crippen molar-refractivity contribution in [3.8, 4) is 0 Å². The lowest BCUT2D eigenvalue weighted by molar-refractivity contribution is -0.0550. The van der Waals surface area contributed by atoms with E-state index in [4.69, 9.17) is 9.84 Å². The topological polar surface area (TPSA) is 125 Å². The van der Waals surface area contributed by atoms with Gasteiger partial charge < -0.3 is 20.1 Å². The molecule has 0 radical (unpaired) electrons. The predicted octanol–water partition coefficient (Wildman–Crippen LogP) is -2.85. The first-order valence-electron chi connectivity index (χ1n) is 4.98. The maximum Gasteiger partial charge on any atom is 0.330 e. The van der Waals surface area contributed by atoms with Gasteiger partial charge in [-0.2, -0.15) is 0 Å². The third kappa shape index (κ3) is 2.03. The lowest BCUT2D eigenvalue weighted by atomic mass is 10.1. The number of hydrogen-bond acceptors (Lipinski definition) is 6. The van der Waals surface area contributed by atoms with Gasteiger partial charge in [-0.25, -0.2) is 4.79 Å². The minimum Gasteiger partial charge on any atom is -0.394 e. The monoisotopic (exact) mass is 244 g/mol. The lowest BCUT2D eigenvalue weighted by Gasteiger charge is -2.16. The van der Waals surface area contributed by atoms with Gasteiger partial charge in [0.1, 0.15) is 18.3 Å². The molecule has 1 fully saturated rings. The second kappa shape index (κ2) is 4.41. The molecule has 0 saturated carbocycles. The van der Waals surface area contributed by atoms with Gasteiger partial charge in [0.25, 0.3) is 5.56 Å². The number of nitrogens with zero attached hydrogens (tertiary/aromatic N) is 1. The number of aliphatic hydroxyl groups is 3. The Hall–Kier alpha value is -1.48. The van der Waals surface area contributed by atoms with E-state index >= 15 is 0 Å². The molecule has 8 nitrogen and oxygen atoms in total. The van der Waals surface area contributed by atoms with E-state index in [-0.39, 0.29) is 0 Å². The molecule has 2 rings (SSSR count). The van der Waals surface area contributed by atoms with E-state index in [0.29, 0.717) is 0 Å². The first kappa shape index (κ1) is 12.0. The zero-order chi connectivity index (χ0) is 12.6. The Labute approximate surface area is 94.7 Å². The molecule has 0 aromatic carbocycles. The van der Waals surface area contributed by atoms with Crippen LogP contribution in [0.2, 0.25) is 0 Å². The molecule has 2 heterocycles. The maximum absolute atomic E-state index is 11.4. The number of aromatic amines is 1. The van der Waals surface area contributed by atoms with Crippen LogP contribution in [0, 0.1) is 0 Å². The summed E-state index contributed by atoms with van der Waals surface area (Å²) in [5.41, 5.74) is -1.33. The van der Waals surface area contributed by atoms with Gasteiger partial charge in [-0.1, -0.05) is 0 Å². The number of ether oxygens (including phenoxy) is 1. The molecule has 17 heavy (non-hydrogen) atoms. The first-order valence-corrected chi connectivity index (χ1v) is 4.98. The van der Waals surface area contributed by atoms with Crippen LogP contribution in [0.25, 0.3) is 0 Å². The molecule has 0 bridgehead atoms. The van der Waals surface area contributed by atoms with Crippen molar-refractivity contribution in [3.63, 3.8) is 0 Å². The van der Waals surface area contributed by atoms with Crippen LogP contribution >= 0.6 is 0 Å². The first-order chi connectivity index (χ1) is 8.04. The van der Waals surface area contributed by atoms with Crippen LogP contribution in [0.15, 0.2) is 21.9 Å². The molecule has 1 aromatic heterocycles. The summed E-state index contributed by atoms with van der Waals surface area (Å²) < 4.78 is 6.08. The van der Waals surface area contributed by atoms with Crippen LogP contribution in [0.5, 0.6) is 0 Å². The third-order valence-corrected chi connectivity index (χ3v) is 2.64. The van der Waals surface area contributed by atoms with E-state index in [1.807, 2.05) is 4.98 Å². The van der Waals surface area contributed by atoms with Crippen molar-refractivity contribution in [2.75, 3.05) is 6.61 Å². The van der Waals surface area contributed by atoms with Gasteiger partial charge in [0, 0.05) is 12.3 Å². The quantitative estimate of drug-likeness (QED) is 0.444. The summed E-state index contributed by atoms with van der Waals surface area (Å²) in [6.07, 6.45) is -3.58. The van der Waals surface area contributed by atoms with Gasteiger partial charge in [-0.15, -0.1) is 0 Å². The molecule has 4 atom stereocenters.